The summed E-state index contributed by atoms with van der Waals surface area (Å²) in [7, 11) is 0. The third-order valence-electron chi connectivity index (χ3n) is 11.2. The molecule has 4 N–H and O–H groups in total. The minimum Gasteiger partial charge on any atom is -0.483 e. The molecular formula is C40H40N12O6. The number of ether oxygens (including phenoxy) is 1. The van der Waals surface area contributed by atoms with Gasteiger partial charge in [-0.2, -0.15) is 0 Å². The number of aromatic nitrogens is 5. The zero-order valence-corrected chi connectivity index (χ0v) is 31.4. The standard InChI is InChI=1S/C40H40N12O6/c41-32-21-42-20-28(45-32)29-22-51-15-12-43-37(51)36(46-29)44-24-4-6-25(7-5-24)48-16-18-49(19-17-48)26-10-13-50(14-11-26)34(54)23-58-31-3-1-2-27-35(31)40(57)52(39(27)56)30-8-9-33(53)47-38(30)55/h1-7,12,15,20-22,26,30H,8-11,13-14,16-19,23H2,(H2,41,45)(H,44,46)(H,47,53,55). The number of hydrogen-bond donors (Lipinski definition) is 3. The summed E-state index contributed by atoms with van der Waals surface area (Å²) in [6, 6.07) is 12.2. The van der Waals surface area contributed by atoms with Crippen molar-refractivity contribution in [1.82, 2.24) is 44.4 Å². The van der Waals surface area contributed by atoms with Crippen LogP contribution in [0.1, 0.15) is 46.4 Å². The molecule has 7 heterocycles. The normalized spacial score (nSPS) is 19.1. The largest absolute Gasteiger partial charge is 0.483 e. The molecular weight excluding hydrogens is 745 g/mol. The number of carbonyl (C=O) groups is 5. The molecule has 3 fully saturated rings. The number of piperidine rings is 2. The molecule has 4 aliphatic heterocycles. The molecule has 2 aromatic carbocycles. The molecule has 18 nitrogen and oxygen atoms in total. The van der Waals surface area contributed by atoms with Crippen molar-refractivity contribution >= 4 is 58.2 Å². The van der Waals surface area contributed by atoms with Crippen LogP contribution in [-0.4, -0.2) is 127 Å². The van der Waals surface area contributed by atoms with Crippen LogP contribution in [0.2, 0.25) is 0 Å². The molecule has 296 valence electrons. The molecule has 1 atom stereocenters. The van der Waals surface area contributed by atoms with Gasteiger partial charge in [-0.05, 0) is 55.7 Å². The molecule has 0 radical (unpaired) electrons. The fraction of sp³-hybridized carbons (Fsp3) is 0.325. The van der Waals surface area contributed by atoms with Crippen molar-refractivity contribution in [2.24, 2.45) is 0 Å². The van der Waals surface area contributed by atoms with Gasteiger partial charge >= 0.3 is 0 Å². The lowest BCUT2D eigenvalue weighted by atomic mass is 10.0. The Morgan fingerprint density at radius 2 is 1.69 bits per heavy atom. The fourth-order valence-electron chi connectivity index (χ4n) is 8.20. The van der Waals surface area contributed by atoms with Crippen molar-refractivity contribution in [3.05, 3.63) is 84.6 Å². The molecule has 5 amide bonds. The molecule has 0 bridgehead atoms. The van der Waals surface area contributed by atoms with Gasteiger partial charge in [-0.1, -0.05) is 6.07 Å². The van der Waals surface area contributed by atoms with Crippen LogP contribution >= 0.6 is 0 Å². The quantitative estimate of drug-likeness (QED) is 0.183. The van der Waals surface area contributed by atoms with Crippen LogP contribution in [-0.2, 0) is 14.4 Å². The van der Waals surface area contributed by atoms with Gasteiger partial charge in [0.05, 0.1) is 23.5 Å². The molecule has 0 spiro atoms. The first-order valence-corrected chi connectivity index (χ1v) is 19.2. The Balaban J connectivity index is 0.754. The van der Waals surface area contributed by atoms with E-state index >= 15 is 0 Å². The highest BCUT2D eigenvalue weighted by Gasteiger charge is 2.46. The maximum absolute atomic E-state index is 13.4. The van der Waals surface area contributed by atoms with Gasteiger partial charge in [0.1, 0.15) is 29.0 Å². The number of nitrogens with one attached hydrogen (secondary N) is 2. The predicted octanol–water partition coefficient (Wildman–Crippen LogP) is 2.11. The number of fused-ring (bicyclic) bond motifs is 2. The number of rotatable bonds is 9. The van der Waals surface area contributed by atoms with Crippen molar-refractivity contribution in [2.75, 3.05) is 61.8 Å². The van der Waals surface area contributed by atoms with E-state index in [1.54, 1.807) is 23.4 Å². The minimum absolute atomic E-state index is 0.0244. The van der Waals surface area contributed by atoms with E-state index in [0.717, 1.165) is 55.3 Å². The van der Waals surface area contributed by atoms with Gasteiger partial charge in [-0.3, -0.25) is 44.1 Å². The molecule has 1 unspecified atom stereocenters. The number of hydrogen-bond acceptors (Lipinski definition) is 14. The maximum Gasteiger partial charge on any atom is 0.266 e. The SMILES string of the molecule is Nc1cncc(-c2cn3ccnc3c(Nc3ccc(N4CCN(C5CCN(C(=O)COc6cccc7c6C(=O)N(C6CCC(=O)NC6=O)C7=O)CC5)CC4)cc3)n2)n1. The number of nitrogen functional groups attached to an aromatic ring is 1. The van der Waals surface area contributed by atoms with Gasteiger partial charge in [-0.25, -0.2) is 15.0 Å². The first kappa shape index (κ1) is 36.7. The summed E-state index contributed by atoms with van der Waals surface area (Å²) in [4.78, 5) is 89.2. The summed E-state index contributed by atoms with van der Waals surface area (Å²) >= 11 is 0. The van der Waals surface area contributed by atoms with Gasteiger partial charge in [0.25, 0.3) is 17.7 Å². The lowest BCUT2D eigenvalue weighted by Gasteiger charge is -2.43. The average Bonchev–Trinajstić information content (AvgIpc) is 3.82. The Bertz CT molecular complexity index is 2440. The average molecular weight is 785 g/mol. The van der Waals surface area contributed by atoms with E-state index in [2.05, 4.69) is 47.5 Å². The van der Waals surface area contributed by atoms with E-state index in [0.29, 0.717) is 47.8 Å². The summed E-state index contributed by atoms with van der Waals surface area (Å²) in [6.07, 6.45) is 10.3. The molecule has 58 heavy (non-hydrogen) atoms. The number of imidazole rings is 1. The molecule has 18 heteroatoms. The van der Waals surface area contributed by atoms with E-state index in [1.807, 2.05) is 28.9 Å². The lowest BCUT2D eigenvalue weighted by Crippen LogP contribution is -2.54. The topological polar surface area (TPSA) is 214 Å². The van der Waals surface area contributed by atoms with Gasteiger partial charge in [0.15, 0.2) is 18.1 Å². The van der Waals surface area contributed by atoms with Gasteiger partial charge < -0.3 is 30.0 Å². The van der Waals surface area contributed by atoms with Crippen molar-refractivity contribution in [2.45, 2.75) is 37.8 Å². The molecule has 0 aliphatic carbocycles. The van der Waals surface area contributed by atoms with Gasteiger partial charge in [0.2, 0.25) is 11.8 Å². The molecule has 0 saturated carbocycles. The zero-order valence-electron chi connectivity index (χ0n) is 31.4. The van der Waals surface area contributed by atoms with Crippen LogP contribution < -0.4 is 26.0 Å². The van der Waals surface area contributed by atoms with E-state index in [1.165, 1.54) is 18.3 Å². The Hall–Kier alpha value is -6.95. The Morgan fingerprint density at radius 3 is 2.45 bits per heavy atom. The molecule has 5 aromatic rings. The number of carbonyl (C=O) groups excluding carboxylic acids is 5. The zero-order chi connectivity index (χ0) is 39.9. The second-order valence-electron chi connectivity index (χ2n) is 14.7. The van der Waals surface area contributed by atoms with Crippen LogP contribution in [0, 0.1) is 0 Å². The monoisotopic (exact) mass is 784 g/mol. The number of likely N-dealkylation sites (tertiary alicyclic amines) is 1. The van der Waals surface area contributed by atoms with Crippen LogP contribution in [0.25, 0.3) is 17.0 Å². The Kier molecular flexibility index (Phi) is 9.60. The highest BCUT2D eigenvalue weighted by molar-refractivity contribution is 6.24. The second kappa shape index (κ2) is 15.2. The second-order valence-corrected chi connectivity index (χ2v) is 14.7. The first-order valence-electron chi connectivity index (χ1n) is 19.2. The Labute approximate surface area is 332 Å². The molecule has 4 aliphatic rings. The highest BCUT2D eigenvalue weighted by Crippen LogP contribution is 2.34. The third-order valence-corrected chi connectivity index (χ3v) is 11.2. The summed E-state index contributed by atoms with van der Waals surface area (Å²) in [5.74, 6) is -1.62. The number of amides is 5. The van der Waals surface area contributed by atoms with E-state index in [-0.39, 0.29) is 42.2 Å². The number of nitrogens with two attached hydrogens (primary N) is 1. The van der Waals surface area contributed by atoms with Gasteiger partial charge in [0, 0.05) is 81.7 Å². The van der Waals surface area contributed by atoms with E-state index < -0.39 is 29.7 Å². The summed E-state index contributed by atoms with van der Waals surface area (Å²) in [5.41, 5.74) is 9.85. The van der Waals surface area contributed by atoms with E-state index in [9.17, 15) is 24.0 Å². The summed E-state index contributed by atoms with van der Waals surface area (Å²) in [6.45, 7) is 4.46. The van der Waals surface area contributed by atoms with Gasteiger partial charge in [-0.15, -0.1) is 0 Å². The predicted molar refractivity (Wildman–Crippen MR) is 210 cm³/mol. The lowest BCUT2D eigenvalue weighted by molar-refractivity contribution is -0.136. The number of imide groups is 2. The van der Waals surface area contributed by atoms with E-state index in [4.69, 9.17) is 15.5 Å². The van der Waals surface area contributed by atoms with Crippen molar-refractivity contribution in [3.63, 3.8) is 0 Å². The van der Waals surface area contributed by atoms with Crippen molar-refractivity contribution < 1.29 is 28.7 Å². The smallest absolute Gasteiger partial charge is 0.266 e. The van der Waals surface area contributed by atoms with Crippen molar-refractivity contribution in [1.29, 1.82) is 0 Å². The molecule has 3 aromatic heterocycles. The third kappa shape index (κ3) is 7.02. The highest BCUT2D eigenvalue weighted by atomic mass is 16.5. The van der Waals surface area contributed by atoms with Crippen LogP contribution in [0.3, 0.4) is 0 Å². The van der Waals surface area contributed by atoms with Crippen molar-refractivity contribution in [3.8, 4) is 17.1 Å². The molecule has 3 saturated heterocycles. The number of benzene rings is 2. The van der Waals surface area contributed by atoms with Crippen LogP contribution in [0.5, 0.6) is 5.75 Å². The number of piperazine rings is 1. The van der Waals surface area contributed by atoms with Crippen LogP contribution in [0.4, 0.5) is 23.0 Å². The first-order chi connectivity index (χ1) is 28.2. The molecule has 9 rings (SSSR count). The maximum atomic E-state index is 13.4. The summed E-state index contributed by atoms with van der Waals surface area (Å²) in [5, 5.41) is 5.60. The fourth-order valence-corrected chi connectivity index (χ4v) is 8.20. The Morgan fingerprint density at radius 1 is 0.897 bits per heavy atom. The minimum atomic E-state index is -1.08. The summed E-state index contributed by atoms with van der Waals surface area (Å²) < 4.78 is 7.74. The van der Waals surface area contributed by atoms with Crippen LogP contribution in [0.15, 0.2) is 73.4 Å². The number of nitrogens with zero attached hydrogens (tertiary/aromatic N) is 9. The number of anilines is 4.